The lowest BCUT2D eigenvalue weighted by atomic mass is 9.96. The van der Waals surface area contributed by atoms with Crippen LogP contribution in [0.15, 0.2) is 0 Å². The summed E-state index contributed by atoms with van der Waals surface area (Å²) in [5.74, 6) is -0.489. The summed E-state index contributed by atoms with van der Waals surface area (Å²) in [6.07, 6.45) is 0.527. The summed E-state index contributed by atoms with van der Waals surface area (Å²) in [7, 11) is 0. The number of aliphatic hydroxyl groups excluding tert-OH is 1. The number of piperidine rings is 1. The van der Waals surface area contributed by atoms with Crippen LogP contribution in [0.5, 0.6) is 0 Å². The van der Waals surface area contributed by atoms with Crippen LogP contribution in [0.4, 0.5) is 0 Å². The van der Waals surface area contributed by atoms with Crippen molar-refractivity contribution < 1.29 is 19.4 Å². The molecule has 108 valence electrons. The number of amides is 1. The van der Waals surface area contributed by atoms with Crippen LogP contribution in [0.1, 0.15) is 26.7 Å². The van der Waals surface area contributed by atoms with Gasteiger partial charge in [-0.1, -0.05) is 6.82 Å². The average Bonchev–Trinajstić information content (AvgIpc) is 2.82. The zero-order valence-corrected chi connectivity index (χ0v) is 12.4. The number of aliphatic hydroxyl groups is 1. The van der Waals surface area contributed by atoms with E-state index in [4.69, 9.17) is 17.3 Å². The third-order valence-corrected chi connectivity index (χ3v) is 3.64. The summed E-state index contributed by atoms with van der Waals surface area (Å²) in [6, 6.07) is -0.166. The van der Waals surface area contributed by atoms with Crippen molar-refractivity contribution in [2.45, 2.75) is 63.7 Å². The Balaban J connectivity index is 0.000000361. The molecule has 0 aromatic heterocycles. The van der Waals surface area contributed by atoms with E-state index in [0.717, 1.165) is 0 Å². The Morgan fingerprint density at radius 3 is 3.00 bits per heavy atom. The van der Waals surface area contributed by atoms with Crippen molar-refractivity contribution in [2.24, 2.45) is 0 Å². The highest BCUT2D eigenvalue weighted by Crippen LogP contribution is 2.40. The Hall–Kier alpha value is -0.235. The molecule has 3 rings (SSSR count). The van der Waals surface area contributed by atoms with Gasteiger partial charge in [0.1, 0.15) is 12.2 Å². The molecule has 7 heteroatoms. The predicted octanol–water partition coefficient (Wildman–Crippen LogP) is 0.188. The molecule has 0 aliphatic carbocycles. The molecule has 0 saturated carbocycles. The molecule has 3 aliphatic heterocycles. The summed E-state index contributed by atoms with van der Waals surface area (Å²) < 4.78 is 25.2. The molecular weight excluding hydrogens is 265 g/mol. The van der Waals surface area contributed by atoms with E-state index < -0.39 is 5.79 Å². The van der Waals surface area contributed by atoms with E-state index in [-0.39, 0.29) is 36.8 Å². The molecule has 0 aromatic rings. The summed E-state index contributed by atoms with van der Waals surface area (Å²) in [5.41, 5.74) is 0. The lowest BCUT2D eigenvalue weighted by Crippen LogP contribution is -2.52. The van der Waals surface area contributed by atoms with Gasteiger partial charge in [-0.25, -0.2) is 12.5 Å². The van der Waals surface area contributed by atoms with Gasteiger partial charge in [-0.2, -0.15) is 0 Å². The predicted molar refractivity (Wildman–Crippen MR) is 76.6 cm³/mol. The average molecular weight is 290 g/mol. The molecular formula is C12H22BNO4S. The van der Waals surface area contributed by atoms with E-state index in [9.17, 15) is 4.79 Å². The monoisotopic (exact) mass is 290 g/mol. The topological polar surface area (TPSA) is 59.0 Å². The van der Waals surface area contributed by atoms with Crippen LogP contribution < -0.4 is 0 Å². The highest BCUT2D eigenvalue weighted by atomic mass is 32.1. The first-order chi connectivity index (χ1) is 9.75. The fourth-order valence-corrected chi connectivity index (χ4v) is 3.05. The van der Waals surface area contributed by atoms with Crippen molar-refractivity contribution in [1.29, 1.82) is 2.77 Å². The molecule has 19 heavy (non-hydrogen) atoms. The Kier molecular flexibility index (Phi) is 3.71. The van der Waals surface area contributed by atoms with E-state index >= 15 is 0 Å². The Labute approximate surface area is 123 Å². The normalized spacial score (nSPS) is 40.6. The quantitative estimate of drug-likeness (QED) is 0.534. The fourth-order valence-electron chi connectivity index (χ4n) is 3.05. The Morgan fingerprint density at radius 1 is 1.68 bits per heavy atom. The molecule has 0 bridgehead atoms. The van der Waals surface area contributed by atoms with Gasteiger partial charge >= 0.3 is 0 Å². The summed E-state index contributed by atoms with van der Waals surface area (Å²) >= 11 is 3.63. The van der Waals surface area contributed by atoms with Crippen LogP contribution in [0, 0.1) is 0 Å². The van der Waals surface area contributed by atoms with E-state index in [1.165, 1.54) is 0 Å². The highest BCUT2D eigenvalue weighted by molar-refractivity contribution is 8.06. The molecule has 1 N–H and O–H groups in total. The van der Waals surface area contributed by atoms with Crippen LogP contribution in [-0.2, 0) is 14.3 Å². The number of thiol groups is 1. The molecule has 3 saturated heterocycles. The first kappa shape index (κ1) is 12.5. The van der Waals surface area contributed by atoms with Gasteiger partial charge in [0.25, 0.3) is 0 Å². The van der Waals surface area contributed by atoms with Gasteiger partial charge in [0.15, 0.2) is 12.3 Å². The number of hydrogen-bond donors (Lipinski definition) is 2. The fraction of sp³-hybridized carbons (Fsp3) is 0.917. The molecule has 0 spiro atoms. The zero-order valence-electron chi connectivity index (χ0n) is 13.5. The number of nitrogens with zero attached hydrogens (tertiary/aromatic N) is 1. The maximum Gasteiger partial charge on any atom is 0.223 e. The molecule has 0 unspecified atom stereocenters. The van der Waals surface area contributed by atoms with Crippen molar-refractivity contribution in [2.75, 3.05) is 6.54 Å². The van der Waals surface area contributed by atoms with E-state index in [2.05, 4.69) is 12.5 Å². The minimum absolute atomic E-state index is 0.0882. The third kappa shape index (κ3) is 2.94. The Bertz CT molecular complexity index is 399. The van der Waals surface area contributed by atoms with Crippen molar-refractivity contribution in [3.63, 3.8) is 0 Å². The summed E-state index contributed by atoms with van der Waals surface area (Å²) in [4.78, 5) is 13.6. The standard InChI is InChI=1S/C11H17NO4.CH5BS/c1-11(2)15-7-5-12-8(14)4-3-6(13)9(12)10(7)16-11;1-2-3/h6-7,9-10,13H,3-5H2,1-2H3;2-3H,1H3/t6-,7-,9-,10-;/m1./s1/i13T;2D. The molecule has 0 aromatic carbocycles. The SMILES string of the molecule is [2H]B(C)S.[3H]O[C@@H]1CCC(=O)N2C[C@H]3OC(C)(C)O[C@H]3[C@@H]12. The summed E-state index contributed by atoms with van der Waals surface area (Å²) in [5, 5.41) is 4.75. The molecule has 3 aliphatic rings. The van der Waals surface area contributed by atoms with Gasteiger partial charge < -0.3 is 19.5 Å². The number of carbonyl (C=O) groups excluding carboxylic acids is 1. The van der Waals surface area contributed by atoms with Gasteiger partial charge in [0.2, 0.25) is 7.34 Å². The maximum absolute atomic E-state index is 11.8. The number of rotatable bonds is 1. The van der Waals surface area contributed by atoms with Crippen LogP contribution in [0.25, 0.3) is 0 Å². The van der Waals surface area contributed by atoms with Gasteiger partial charge in [-0.15, -0.1) is 0 Å². The van der Waals surface area contributed by atoms with Crippen LogP contribution in [0.3, 0.4) is 0 Å². The lowest BCUT2D eigenvalue weighted by Gasteiger charge is -2.36. The summed E-state index contributed by atoms with van der Waals surface area (Å²) in [6.45, 7) is 5.77. The molecule has 3 fully saturated rings. The van der Waals surface area contributed by atoms with Crippen molar-refractivity contribution >= 4 is 24.9 Å². The zero-order chi connectivity index (χ0) is 15.8. The van der Waals surface area contributed by atoms with Crippen LogP contribution in [-0.4, -0.2) is 61.9 Å². The highest BCUT2D eigenvalue weighted by Gasteiger charge is 2.56. The second-order valence-corrected chi connectivity index (χ2v) is 6.03. The van der Waals surface area contributed by atoms with Gasteiger partial charge in [0.05, 0.1) is 18.7 Å². The van der Waals surface area contributed by atoms with Crippen molar-refractivity contribution in [3.05, 3.63) is 0 Å². The van der Waals surface area contributed by atoms with Crippen molar-refractivity contribution in [3.8, 4) is 0 Å². The van der Waals surface area contributed by atoms with E-state index in [1.807, 2.05) is 13.8 Å². The first-order valence-corrected chi connectivity index (χ1v) is 7.14. The number of fused-ring (bicyclic) bond motifs is 3. The second kappa shape index (κ2) is 5.64. The molecule has 1 amide bonds. The van der Waals surface area contributed by atoms with E-state index in [0.29, 0.717) is 19.4 Å². The van der Waals surface area contributed by atoms with Crippen molar-refractivity contribution in [1.82, 2.24) is 4.90 Å². The second-order valence-electron chi connectivity index (χ2n) is 5.51. The minimum Gasteiger partial charge on any atom is -0.391 e. The lowest BCUT2D eigenvalue weighted by molar-refractivity contribution is -0.176. The van der Waals surface area contributed by atoms with Gasteiger partial charge in [-0.05, 0) is 21.6 Å². The molecule has 0 radical (unpaired) electrons. The van der Waals surface area contributed by atoms with Crippen LogP contribution in [0.2, 0.25) is 6.82 Å². The number of carbonyl (C=O) groups is 1. The Morgan fingerprint density at radius 2 is 2.37 bits per heavy atom. The molecule has 3 heterocycles. The van der Waals surface area contributed by atoms with Crippen LogP contribution >= 0.6 is 12.5 Å². The smallest absolute Gasteiger partial charge is 0.223 e. The molecule has 4 atom stereocenters. The number of ether oxygens (including phenoxy) is 2. The molecule has 5 nitrogen and oxygen atoms in total. The maximum atomic E-state index is 11.8. The van der Waals surface area contributed by atoms with E-state index in [1.54, 1.807) is 11.7 Å². The van der Waals surface area contributed by atoms with Gasteiger partial charge in [0, 0.05) is 6.42 Å². The first-order valence-electron chi connectivity index (χ1n) is 7.61. The third-order valence-electron chi connectivity index (χ3n) is 3.64. The number of hydrogen-bond acceptors (Lipinski definition) is 5. The van der Waals surface area contributed by atoms with Gasteiger partial charge in [-0.3, -0.25) is 4.79 Å². The minimum atomic E-state index is -0.603. The largest absolute Gasteiger partial charge is 0.391 e.